The van der Waals surface area contributed by atoms with Crippen LogP contribution in [-0.2, 0) is 14.3 Å². The molecule has 1 N–H and O–H groups in total. The number of nitrogens with zero attached hydrogens (tertiary/aromatic N) is 4. The molecule has 1 fully saturated rings. The topological polar surface area (TPSA) is 103 Å². The predicted octanol–water partition coefficient (Wildman–Crippen LogP) is 0.716. The van der Waals surface area contributed by atoms with Gasteiger partial charge in [-0.1, -0.05) is 4.99 Å². The van der Waals surface area contributed by atoms with Crippen molar-refractivity contribution in [2.24, 2.45) is 10.9 Å². The minimum absolute atomic E-state index is 0.304. The lowest BCUT2D eigenvalue weighted by molar-refractivity contribution is -0.439. The Labute approximate surface area is 163 Å². The number of allylic oxidation sites excluding steroid dienone is 2. The van der Waals surface area contributed by atoms with Crippen LogP contribution in [0.25, 0.3) is 0 Å². The highest BCUT2D eigenvalue weighted by atomic mass is 16.6. The highest BCUT2D eigenvalue weighted by Gasteiger charge is 2.37. The number of ether oxygens (including phenoxy) is 1. The standard InChI is InChI=1S/C19H24N4O5/c1-19(2,3)28-18(27)22-8-6-21(7-9-22)13-4-5-15-14(10-13)17(26)23(12-20-15)11-16(24)25/h4-5,10,12,14H,6-9,11H2,1-3H3/p+1. The molecular weight excluding hydrogens is 364 g/mol. The molecular formula is C19H25N4O5+. The third kappa shape index (κ3) is 4.47. The smallest absolute Gasteiger partial charge is 0.410 e. The fourth-order valence-corrected chi connectivity index (χ4v) is 3.23. The molecule has 3 aliphatic rings. The number of carboxylic acid groups (broad SMARTS) is 1. The summed E-state index contributed by atoms with van der Waals surface area (Å²) in [7, 11) is 0. The zero-order valence-electron chi connectivity index (χ0n) is 16.3. The van der Waals surface area contributed by atoms with Gasteiger partial charge >= 0.3 is 18.0 Å². The van der Waals surface area contributed by atoms with Crippen LogP contribution in [-0.4, -0.2) is 87.8 Å². The molecule has 2 aliphatic heterocycles. The number of aliphatic imine (C=N–C) groups is 1. The molecule has 0 aromatic heterocycles. The molecule has 1 aliphatic carbocycles. The molecule has 0 aromatic carbocycles. The molecule has 9 nitrogen and oxygen atoms in total. The summed E-state index contributed by atoms with van der Waals surface area (Å²) < 4.78 is 6.52. The number of aliphatic carboxylic acids is 1. The first-order valence-electron chi connectivity index (χ1n) is 9.20. The zero-order valence-corrected chi connectivity index (χ0v) is 16.3. The zero-order chi connectivity index (χ0) is 20.5. The number of rotatable bonds is 3. The lowest BCUT2D eigenvalue weighted by atomic mass is 9.94. The monoisotopic (exact) mass is 389 g/mol. The van der Waals surface area contributed by atoms with E-state index in [4.69, 9.17) is 9.84 Å². The Morgan fingerprint density at radius 1 is 1.25 bits per heavy atom. The van der Waals surface area contributed by atoms with E-state index in [2.05, 4.69) is 9.89 Å². The van der Waals surface area contributed by atoms with Gasteiger partial charge in [-0.15, -0.1) is 0 Å². The number of carbonyl (C=O) groups excluding carboxylic acids is 2. The molecule has 150 valence electrons. The summed E-state index contributed by atoms with van der Waals surface area (Å²) in [5.74, 6) is -1.98. The van der Waals surface area contributed by atoms with Crippen LogP contribution in [0.5, 0.6) is 0 Å². The second-order valence-corrected chi connectivity index (χ2v) is 7.89. The number of amides is 2. The summed E-state index contributed by atoms with van der Waals surface area (Å²) in [5.41, 5.74) is 0.944. The van der Waals surface area contributed by atoms with Gasteiger partial charge in [-0.2, -0.15) is 4.58 Å². The molecule has 0 spiro atoms. The molecule has 0 radical (unpaired) electrons. The maximum absolute atomic E-state index is 12.6. The van der Waals surface area contributed by atoms with Gasteiger partial charge < -0.3 is 19.6 Å². The highest BCUT2D eigenvalue weighted by molar-refractivity contribution is 6.14. The van der Waals surface area contributed by atoms with Gasteiger partial charge in [0, 0.05) is 31.9 Å². The Bertz CT molecular complexity index is 811. The fourth-order valence-electron chi connectivity index (χ4n) is 3.23. The first-order valence-corrected chi connectivity index (χ1v) is 9.20. The first-order chi connectivity index (χ1) is 13.1. The normalized spacial score (nSPS) is 22.2. The van der Waals surface area contributed by atoms with Crippen molar-refractivity contribution in [1.29, 1.82) is 0 Å². The molecule has 28 heavy (non-hydrogen) atoms. The highest BCUT2D eigenvalue weighted by Crippen LogP contribution is 2.22. The van der Waals surface area contributed by atoms with E-state index in [0.717, 1.165) is 10.3 Å². The van der Waals surface area contributed by atoms with E-state index in [9.17, 15) is 14.4 Å². The van der Waals surface area contributed by atoms with Gasteiger partial charge in [0.2, 0.25) is 0 Å². The van der Waals surface area contributed by atoms with E-state index in [1.807, 2.05) is 32.9 Å². The van der Waals surface area contributed by atoms with Crippen LogP contribution in [0.4, 0.5) is 4.79 Å². The molecule has 2 amide bonds. The fraction of sp³-hybridized carbons (Fsp3) is 0.526. The van der Waals surface area contributed by atoms with E-state index >= 15 is 0 Å². The van der Waals surface area contributed by atoms with Gasteiger partial charge in [0.15, 0.2) is 12.3 Å². The van der Waals surface area contributed by atoms with Gasteiger partial charge in [-0.3, -0.25) is 0 Å². The molecule has 9 heteroatoms. The van der Waals surface area contributed by atoms with E-state index in [1.54, 1.807) is 11.0 Å². The van der Waals surface area contributed by atoms with Crippen molar-refractivity contribution in [2.75, 3.05) is 32.7 Å². The summed E-state index contributed by atoms with van der Waals surface area (Å²) in [4.78, 5) is 43.7. The van der Waals surface area contributed by atoms with Crippen LogP contribution in [0.3, 0.4) is 0 Å². The minimum atomic E-state index is -1.09. The van der Waals surface area contributed by atoms with Crippen LogP contribution < -0.4 is 0 Å². The Kier molecular flexibility index (Phi) is 5.35. The third-order valence-corrected chi connectivity index (χ3v) is 4.58. The molecule has 2 heterocycles. The Balaban J connectivity index is 1.64. The van der Waals surface area contributed by atoms with E-state index in [1.165, 1.54) is 6.34 Å². The van der Waals surface area contributed by atoms with Crippen molar-refractivity contribution in [1.82, 2.24) is 9.80 Å². The van der Waals surface area contributed by atoms with Crippen molar-refractivity contribution in [3.63, 3.8) is 0 Å². The van der Waals surface area contributed by atoms with Crippen molar-refractivity contribution in [3.8, 4) is 0 Å². The molecule has 1 unspecified atom stereocenters. The summed E-state index contributed by atoms with van der Waals surface area (Å²) in [6, 6.07) is 0. The van der Waals surface area contributed by atoms with Crippen LogP contribution in [0, 0.1) is 5.92 Å². The van der Waals surface area contributed by atoms with E-state index in [-0.39, 0.29) is 12.0 Å². The van der Waals surface area contributed by atoms with Crippen molar-refractivity contribution in [3.05, 3.63) is 23.9 Å². The number of carboxylic acids is 1. The van der Waals surface area contributed by atoms with Crippen LogP contribution in [0.1, 0.15) is 20.8 Å². The lowest BCUT2D eigenvalue weighted by Crippen LogP contribution is -2.50. The van der Waals surface area contributed by atoms with Gasteiger partial charge in [0.05, 0.1) is 0 Å². The summed E-state index contributed by atoms with van der Waals surface area (Å²) in [5, 5.41) is 8.93. The molecule has 3 rings (SSSR count). The maximum atomic E-state index is 12.6. The van der Waals surface area contributed by atoms with Crippen molar-refractivity contribution >= 4 is 30.0 Å². The maximum Gasteiger partial charge on any atom is 0.410 e. The second kappa shape index (κ2) is 7.57. The number of piperazine rings is 1. The Hall–Kier alpha value is -2.97. The summed E-state index contributed by atoms with van der Waals surface area (Å²) in [6.07, 6.45) is 6.44. The first kappa shape index (κ1) is 19.8. The molecule has 0 saturated carbocycles. The number of fused-ring (bicyclic) bond motifs is 1. The quantitative estimate of drug-likeness (QED) is 0.714. The van der Waals surface area contributed by atoms with E-state index in [0.29, 0.717) is 31.9 Å². The average molecular weight is 389 g/mol. The predicted molar refractivity (Wildman–Crippen MR) is 101 cm³/mol. The number of hydrogen-bond acceptors (Lipinski definition) is 6. The average Bonchev–Trinajstić information content (AvgIpc) is 2.62. The summed E-state index contributed by atoms with van der Waals surface area (Å²) >= 11 is 0. The van der Waals surface area contributed by atoms with Crippen LogP contribution in [0.2, 0.25) is 0 Å². The largest absolute Gasteiger partial charge is 0.478 e. The summed E-state index contributed by atoms with van der Waals surface area (Å²) in [6.45, 7) is 7.39. The molecule has 1 saturated heterocycles. The number of carbonyl (C=O) groups is 3. The second-order valence-electron chi connectivity index (χ2n) is 7.89. The van der Waals surface area contributed by atoms with Crippen LogP contribution >= 0.6 is 0 Å². The minimum Gasteiger partial charge on any atom is -0.478 e. The Morgan fingerprint density at radius 2 is 1.93 bits per heavy atom. The molecule has 0 aromatic rings. The molecule has 0 bridgehead atoms. The van der Waals surface area contributed by atoms with Gasteiger partial charge in [0.25, 0.3) is 6.34 Å². The molecule has 1 atom stereocenters. The van der Waals surface area contributed by atoms with Crippen LogP contribution in [0.15, 0.2) is 28.9 Å². The van der Waals surface area contributed by atoms with Crippen molar-refractivity contribution in [2.45, 2.75) is 26.4 Å². The van der Waals surface area contributed by atoms with Gasteiger partial charge in [-0.05, 0) is 39.0 Å². The SMILES string of the molecule is CC(C)(C)OC(=O)N1CCN(C2=CC3C(=O)[N+](CC(=O)O)=CN=C3C=C2)CC1. The van der Waals surface area contributed by atoms with Crippen molar-refractivity contribution < 1.29 is 28.8 Å². The van der Waals surface area contributed by atoms with Gasteiger partial charge in [0.1, 0.15) is 11.5 Å². The number of hydrogen-bond donors (Lipinski definition) is 1. The van der Waals surface area contributed by atoms with Gasteiger partial charge in [-0.25, -0.2) is 14.4 Å². The third-order valence-electron chi connectivity index (χ3n) is 4.58. The van der Waals surface area contributed by atoms with E-state index < -0.39 is 24.0 Å². The lowest BCUT2D eigenvalue weighted by Gasteiger charge is -2.38. The Morgan fingerprint density at radius 3 is 2.54 bits per heavy atom.